The molecule has 0 saturated heterocycles. The Morgan fingerprint density at radius 2 is 1.84 bits per heavy atom. The van der Waals surface area contributed by atoms with Crippen LogP contribution in [0.4, 0.5) is 10.9 Å². The van der Waals surface area contributed by atoms with Crippen molar-refractivity contribution in [1.82, 2.24) is 15.2 Å². The highest BCUT2D eigenvalue weighted by molar-refractivity contribution is 7.93. The van der Waals surface area contributed by atoms with Crippen LogP contribution in [0.5, 0.6) is 11.5 Å². The van der Waals surface area contributed by atoms with Crippen molar-refractivity contribution >= 4 is 55.5 Å². The number of nitrogens with zero attached hydrogens (tertiary/aromatic N) is 3. The Balaban J connectivity index is 1.65. The van der Waals surface area contributed by atoms with Crippen LogP contribution < -0.4 is 15.2 Å². The van der Waals surface area contributed by atoms with Crippen molar-refractivity contribution in [2.75, 3.05) is 10.5 Å². The topological polar surface area (TPSA) is 120 Å². The first kappa shape index (κ1) is 21.3. The predicted molar refractivity (Wildman–Crippen MR) is 121 cm³/mol. The van der Waals surface area contributed by atoms with Crippen LogP contribution in [0.2, 0.25) is 10.0 Å². The van der Waals surface area contributed by atoms with Crippen LogP contribution in [-0.2, 0) is 10.0 Å². The molecule has 0 aliphatic heterocycles. The highest BCUT2D eigenvalue weighted by Gasteiger charge is 2.19. The SMILES string of the molecule is Nc1cc(-c2cc(Cl)ccc2Oc2ccc(S(=O)(=O)Nc3nncs3)cc2Cl)ccn1. The third-order valence-electron chi connectivity index (χ3n) is 4.05. The van der Waals surface area contributed by atoms with Gasteiger partial charge in [0.2, 0.25) is 5.13 Å². The molecule has 0 aliphatic carbocycles. The van der Waals surface area contributed by atoms with E-state index >= 15 is 0 Å². The molecule has 2 aromatic heterocycles. The van der Waals surface area contributed by atoms with E-state index in [2.05, 4.69) is 19.9 Å². The lowest BCUT2D eigenvalue weighted by Crippen LogP contribution is -2.12. The van der Waals surface area contributed by atoms with Crippen molar-refractivity contribution in [1.29, 1.82) is 0 Å². The fourth-order valence-corrected chi connectivity index (χ4v) is 4.85. The summed E-state index contributed by atoms with van der Waals surface area (Å²) in [7, 11) is -3.88. The second-order valence-corrected chi connectivity index (χ2v) is 9.51. The zero-order chi connectivity index (χ0) is 22.0. The molecule has 12 heteroatoms. The van der Waals surface area contributed by atoms with Gasteiger partial charge in [0, 0.05) is 16.8 Å². The molecule has 2 aromatic carbocycles. The number of ether oxygens (including phenoxy) is 1. The molecule has 4 aromatic rings. The number of aromatic nitrogens is 3. The summed E-state index contributed by atoms with van der Waals surface area (Å²) in [6, 6.07) is 12.7. The summed E-state index contributed by atoms with van der Waals surface area (Å²) in [4.78, 5) is 3.94. The zero-order valence-electron chi connectivity index (χ0n) is 15.5. The Hall–Kier alpha value is -2.92. The van der Waals surface area contributed by atoms with Gasteiger partial charge in [-0.2, -0.15) is 0 Å². The highest BCUT2D eigenvalue weighted by atomic mass is 35.5. The number of pyridine rings is 1. The molecule has 0 unspecified atom stereocenters. The number of nitrogens with one attached hydrogen (secondary N) is 1. The Bertz CT molecular complexity index is 1350. The standard InChI is InChI=1S/C19H13Cl2N5O3S2/c20-12-1-3-16(14(8-12)11-5-6-23-18(22)7-11)29-17-4-2-13(9-15(17)21)31(27,28)26-19-25-24-10-30-19/h1-10H,(H2,22,23)(H,25,26). The van der Waals surface area contributed by atoms with Crippen molar-refractivity contribution in [2.45, 2.75) is 4.90 Å². The fourth-order valence-electron chi connectivity index (χ4n) is 2.67. The molecule has 0 bridgehead atoms. The summed E-state index contributed by atoms with van der Waals surface area (Å²) in [6.07, 6.45) is 1.58. The minimum absolute atomic E-state index is 0.0433. The zero-order valence-corrected chi connectivity index (χ0v) is 18.6. The first-order valence-electron chi connectivity index (χ1n) is 8.60. The first-order valence-corrected chi connectivity index (χ1v) is 11.7. The second kappa shape index (κ2) is 8.67. The molecule has 8 nitrogen and oxygen atoms in total. The minimum Gasteiger partial charge on any atom is -0.455 e. The van der Waals surface area contributed by atoms with Crippen LogP contribution in [0.15, 0.2) is 65.1 Å². The summed E-state index contributed by atoms with van der Waals surface area (Å²) in [6.45, 7) is 0. The molecule has 4 rings (SSSR count). The lowest BCUT2D eigenvalue weighted by molar-refractivity contribution is 0.484. The summed E-state index contributed by atoms with van der Waals surface area (Å²) in [5.41, 5.74) is 8.63. The third kappa shape index (κ3) is 4.88. The summed E-state index contributed by atoms with van der Waals surface area (Å²) < 4.78 is 33.4. The number of rotatable bonds is 6. The van der Waals surface area contributed by atoms with E-state index in [-0.39, 0.29) is 20.8 Å². The van der Waals surface area contributed by atoms with Gasteiger partial charge in [-0.25, -0.2) is 13.4 Å². The Morgan fingerprint density at radius 3 is 2.55 bits per heavy atom. The van der Waals surface area contributed by atoms with E-state index < -0.39 is 10.0 Å². The van der Waals surface area contributed by atoms with Crippen LogP contribution in [0.1, 0.15) is 0 Å². The molecule has 0 fully saturated rings. The Kier molecular flexibility index (Phi) is 5.96. The number of anilines is 2. The van der Waals surface area contributed by atoms with Gasteiger partial charge >= 0.3 is 0 Å². The van der Waals surface area contributed by atoms with E-state index in [9.17, 15) is 8.42 Å². The second-order valence-electron chi connectivity index (χ2n) is 6.15. The van der Waals surface area contributed by atoms with Crippen LogP contribution in [0, 0.1) is 0 Å². The Labute approximate surface area is 191 Å². The molecule has 158 valence electrons. The molecule has 31 heavy (non-hydrogen) atoms. The molecule has 0 atom stereocenters. The molecule has 0 aliphatic rings. The van der Waals surface area contributed by atoms with Gasteiger partial charge in [0.1, 0.15) is 22.8 Å². The van der Waals surface area contributed by atoms with E-state index in [1.807, 2.05) is 0 Å². The van der Waals surface area contributed by atoms with E-state index in [1.165, 1.54) is 23.7 Å². The molecular formula is C19H13Cl2N5O3S2. The van der Waals surface area contributed by atoms with Crippen molar-refractivity contribution in [2.24, 2.45) is 0 Å². The number of hydrogen-bond acceptors (Lipinski definition) is 8. The van der Waals surface area contributed by atoms with Gasteiger partial charge in [0.15, 0.2) is 0 Å². The molecule has 0 saturated carbocycles. The molecule has 2 heterocycles. The van der Waals surface area contributed by atoms with Gasteiger partial charge in [-0.1, -0.05) is 34.5 Å². The number of sulfonamides is 1. The molecule has 0 radical (unpaired) electrons. The van der Waals surface area contributed by atoms with Gasteiger partial charge in [-0.3, -0.25) is 4.72 Å². The van der Waals surface area contributed by atoms with Gasteiger partial charge in [0.25, 0.3) is 10.0 Å². The number of nitrogens with two attached hydrogens (primary N) is 1. The predicted octanol–water partition coefficient (Wildman–Crippen LogP) is 5.08. The minimum atomic E-state index is -3.88. The number of halogens is 2. The summed E-state index contributed by atoms with van der Waals surface area (Å²) in [5, 5.41) is 8.03. The normalized spacial score (nSPS) is 11.3. The Morgan fingerprint density at radius 1 is 1.03 bits per heavy atom. The van der Waals surface area contributed by atoms with Gasteiger partial charge in [-0.15, -0.1) is 10.2 Å². The quantitative estimate of drug-likeness (QED) is 0.383. The third-order valence-corrected chi connectivity index (χ3v) is 6.65. The van der Waals surface area contributed by atoms with Crippen LogP contribution in [-0.4, -0.2) is 23.6 Å². The van der Waals surface area contributed by atoms with E-state index in [4.69, 9.17) is 33.7 Å². The largest absolute Gasteiger partial charge is 0.455 e. The first-order chi connectivity index (χ1) is 14.8. The fraction of sp³-hybridized carbons (Fsp3) is 0. The lowest BCUT2D eigenvalue weighted by Gasteiger charge is -2.14. The number of nitrogen functional groups attached to an aromatic ring is 1. The smallest absolute Gasteiger partial charge is 0.263 e. The van der Waals surface area contributed by atoms with E-state index in [0.29, 0.717) is 22.2 Å². The highest BCUT2D eigenvalue weighted by Crippen LogP contribution is 2.38. The summed E-state index contributed by atoms with van der Waals surface area (Å²) in [5.74, 6) is 1.07. The van der Waals surface area contributed by atoms with E-state index in [1.54, 1.807) is 36.5 Å². The van der Waals surface area contributed by atoms with Crippen molar-refractivity contribution in [3.05, 3.63) is 70.3 Å². The molecule has 0 amide bonds. The number of benzene rings is 2. The summed E-state index contributed by atoms with van der Waals surface area (Å²) >= 11 is 13.5. The monoisotopic (exact) mass is 493 g/mol. The van der Waals surface area contributed by atoms with Crippen molar-refractivity contribution < 1.29 is 13.2 Å². The van der Waals surface area contributed by atoms with Gasteiger partial charge in [-0.05, 0) is 54.1 Å². The van der Waals surface area contributed by atoms with Crippen molar-refractivity contribution in [3.8, 4) is 22.6 Å². The average Bonchev–Trinajstić information content (AvgIpc) is 3.23. The molecule has 3 N–H and O–H groups in total. The molecular weight excluding hydrogens is 481 g/mol. The lowest BCUT2D eigenvalue weighted by atomic mass is 10.1. The van der Waals surface area contributed by atoms with Crippen LogP contribution in [0.3, 0.4) is 0 Å². The maximum absolute atomic E-state index is 12.5. The molecule has 0 spiro atoms. The average molecular weight is 494 g/mol. The maximum Gasteiger partial charge on any atom is 0.263 e. The van der Waals surface area contributed by atoms with Gasteiger partial charge < -0.3 is 10.5 Å². The van der Waals surface area contributed by atoms with Crippen molar-refractivity contribution in [3.63, 3.8) is 0 Å². The maximum atomic E-state index is 12.5. The van der Waals surface area contributed by atoms with Crippen LogP contribution in [0.25, 0.3) is 11.1 Å². The number of hydrogen-bond donors (Lipinski definition) is 2. The van der Waals surface area contributed by atoms with Crippen LogP contribution >= 0.6 is 34.5 Å². The van der Waals surface area contributed by atoms with Gasteiger partial charge in [0.05, 0.1) is 9.92 Å². The van der Waals surface area contributed by atoms with E-state index in [0.717, 1.165) is 16.9 Å².